The zero-order chi connectivity index (χ0) is 19.9. The number of nitrogens with zero attached hydrogens (tertiary/aromatic N) is 4. The summed E-state index contributed by atoms with van der Waals surface area (Å²) in [5.74, 6) is 2.34. The summed E-state index contributed by atoms with van der Waals surface area (Å²) in [5, 5.41) is 7.51. The van der Waals surface area contributed by atoms with Gasteiger partial charge in [-0.1, -0.05) is 36.4 Å². The number of benzene rings is 1. The van der Waals surface area contributed by atoms with Crippen molar-refractivity contribution in [3.8, 4) is 11.3 Å². The van der Waals surface area contributed by atoms with Gasteiger partial charge in [0.1, 0.15) is 11.6 Å². The SMILES string of the molecule is CCN(c1cccc(-c2ccsc2)n1)c1ccnc(NCCc2ccccc2)n1. The summed E-state index contributed by atoms with van der Waals surface area (Å²) in [6.45, 7) is 3.65. The van der Waals surface area contributed by atoms with Crippen LogP contribution < -0.4 is 10.2 Å². The maximum atomic E-state index is 4.85. The Balaban J connectivity index is 1.49. The molecule has 0 atom stereocenters. The molecule has 1 N–H and O–H groups in total. The van der Waals surface area contributed by atoms with Gasteiger partial charge < -0.3 is 10.2 Å². The van der Waals surface area contributed by atoms with Crippen molar-refractivity contribution in [2.45, 2.75) is 13.3 Å². The van der Waals surface area contributed by atoms with Crippen molar-refractivity contribution in [2.24, 2.45) is 0 Å². The fraction of sp³-hybridized carbons (Fsp3) is 0.174. The Labute approximate surface area is 175 Å². The first-order valence-corrected chi connectivity index (χ1v) is 10.7. The van der Waals surface area contributed by atoms with Gasteiger partial charge in [-0.25, -0.2) is 9.97 Å². The lowest BCUT2D eigenvalue weighted by Crippen LogP contribution is -2.19. The summed E-state index contributed by atoms with van der Waals surface area (Å²) < 4.78 is 0. The summed E-state index contributed by atoms with van der Waals surface area (Å²) in [6, 6.07) is 20.5. The number of pyridine rings is 1. The third-order valence-corrected chi connectivity index (χ3v) is 5.28. The van der Waals surface area contributed by atoms with Gasteiger partial charge >= 0.3 is 0 Å². The number of aromatic nitrogens is 3. The van der Waals surface area contributed by atoms with Crippen LogP contribution in [0.3, 0.4) is 0 Å². The molecule has 0 aliphatic carbocycles. The third kappa shape index (κ3) is 4.78. The van der Waals surface area contributed by atoms with E-state index >= 15 is 0 Å². The number of thiophene rings is 1. The summed E-state index contributed by atoms with van der Waals surface area (Å²) in [6.07, 6.45) is 2.72. The van der Waals surface area contributed by atoms with Gasteiger partial charge in [0.25, 0.3) is 0 Å². The van der Waals surface area contributed by atoms with E-state index in [0.29, 0.717) is 5.95 Å². The standard InChI is InChI=1S/C23H23N5S/c1-2-28(21-10-6-9-20(26-21)19-13-16-29-17-19)22-12-15-25-23(27-22)24-14-11-18-7-4-3-5-8-18/h3-10,12-13,15-17H,2,11,14H2,1H3,(H,24,25,27). The van der Waals surface area contributed by atoms with E-state index in [1.165, 1.54) is 5.56 Å². The highest BCUT2D eigenvalue weighted by Gasteiger charge is 2.12. The molecule has 0 spiro atoms. The number of hydrogen-bond donors (Lipinski definition) is 1. The Morgan fingerprint density at radius 2 is 1.79 bits per heavy atom. The van der Waals surface area contributed by atoms with Gasteiger partial charge in [-0.3, -0.25) is 0 Å². The maximum absolute atomic E-state index is 4.85. The Bertz CT molecular complexity index is 1030. The van der Waals surface area contributed by atoms with E-state index in [1.807, 2.05) is 30.3 Å². The smallest absolute Gasteiger partial charge is 0.224 e. The van der Waals surface area contributed by atoms with E-state index < -0.39 is 0 Å². The van der Waals surface area contributed by atoms with Crippen LogP contribution in [0.1, 0.15) is 12.5 Å². The first-order valence-electron chi connectivity index (χ1n) is 9.71. The predicted octanol–water partition coefficient (Wildman–Crippen LogP) is 5.41. The van der Waals surface area contributed by atoms with E-state index in [1.54, 1.807) is 17.5 Å². The molecule has 0 fully saturated rings. The van der Waals surface area contributed by atoms with Crippen LogP contribution in [0.4, 0.5) is 17.6 Å². The number of anilines is 3. The van der Waals surface area contributed by atoms with Crippen molar-refractivity contribution in [3.63, 3.8) is 0 Å². The van der Waals surface area contributed by atoms with E-state index in [9.17, 15) is 0 Å². The van der Waals surface area contributed by atoms with Crippen LogP contribution in [0.25, 0.3) is 11.3 Å². The Kier molecular flexibility index (Phi) is 6.12. The van der Waals surface area contributed by atoms with Crippen LogP contribution in [-0.2, 0) is 6.42 Å². The second-order valence-electron chi connectivity index (χ2n) is 6.54. The summed E-state index contributed by atoms with van der Waals surface area (Å²) in [5.41, 5.74) is 3.40. The van der Waals surface area contributed by atoms with E-state index in [-0.39, 0.29) is 0 Å². The number of hydrogen-bond acceptors (Lipinski definition) is 6. The van der Waals surface area contributed by atoms with Gasteiger partial charge in [-0.2, -0.15) is 16.3 Å². The van der Waals surface area contributed by atoms with E-state index in [2.05, 4.69) is 63.2 Å². The average Bonchev–Trinajstić information content (AvgIpc) is 3.31. The molecule has 3 aromatic heterocycles. The lowest BCUT2D eigenvalue weighted by Gasteiger charge is -2.21. The highest BCUT2D eigenvalue weighted by molar-refractivity contribution is 7.08. The molecule has 0 saturated heterocycles. The molecule has 0 aliphatic rings. The minimum atomic E-state index is 0.630. The lowest BCUT2D eigenvalue weighted by molar-refractivity contribution is 0.937. The van der Waals surface area contributed by atoms with Crippen LogP contribution in [0.15, 0.2) is 77.6 Å². The van der Waals surface area contributed by atoms with Crippen LogP contribution in [0.5, 0.6) is 0 Å². The van der Waals surface area contributed by atoms with Crippen molar-refractivity contribution in [1.29, 1.82) is 0 Å². The molecule has 0 bridgehead atoms. The normalized spacial score (nSPS) is 10.7. The van der Waals surface area contributed by atoms with Crippen LogP contribution in [-0.4, -0.2) is 28.0 Å². The van der Waals surface area contributed by atoms with Crippen molar-refractivity contribution >= 4 is 28.9 Å². The second-order valence-corrected chi connectivity index (χ2v) is 7.32. The molecule has 4 rings (SSSR count). The Hall–Kier alpha value is -3.25. The Morgan fingerprint density at radius 3 is 2.59 bits per heavy atom. The van der Waals surface area contributed by atoms with E-state index in [4.69, 9.17) is 9.97 Å². The minimum absolute atomic E-state index is 0.630. The molecule has 0 unspecified atom stereocenters. The summed E-state index contributed by atoms with van der Waals surface area (Å²) >= 11 is 1.68. The molecule has 0 aliphatic heterocycles. The van der Waals surface area contributed by atoms with Gasteiger partial charge in [0.2, 0.25) is 5.95 Å². The molecule has 0 saturated carbocycles. The fourth-order valence-corrected chi connectivity index (χ4v) is 3.78. The highest BCUT2D eigenvalue weighted by atomic mass is 32.1. The monoisotopic (exact) mass is 401 g/mol. The van der Waals surface area contributed by atoms with Crippen molar-refractivity contribution in [1.82, 2.24) is 15.0 Å². The summed E-state index contributed by atoms with van der Waals surface area (Å²) in [7, 11) is 0. The largest absolute Gasteiger partial charge is 0.354 e. The third-order valence-electron chi connectivity index (χ3n) is 4.60. The first kappa shape index (κ1) is 19.1. The average molecular weight is 402 g/mol. The lowest BCUT2D eigenvalue weighted by atomic mass is 10.1. The van der Waals surface area contributed by atoms with Gasteiger partial charge in [0, 0.05) is 30.2 Å². The van der Waals surface area contributed by atoms with Crippen molar-refractivity contribution < 1.29 is 0 Å². The highest BCUT2D eigenvalue weighted by Crippen LogP contribution is 2.26. The molecule has 0 radical (unpaired) electrons. The molecule has 4 aromatic rings. The van der Waals surface area contributed by atoms with Crippen LogP contribution in [0.2, 0.25) is 0 Å². The zero-order valence-corrected chi connectivity index (χ0v) is 17.1. The molecular formula is C23H23N5S. The molecular weight excluding hydrogens is 378 g/mol. The maximum Gasteiger partial charge on any atom is 0.224 e. The second kappa shape index (κ2) is 9.30. The molecule has 146 valence electrons. The van der Waals surface area contributed by atoms with Crippen LogP contribution in [0, 0.1) is 0 Å². The molecule has 6 heteroatoms. The fourth-order valence-electron chi connectivity index (χ4n) is 3.13. The molecule has 3 heterocycles. The molecule has 0 amide bonds. The minimum Gasteiger partial charge on any atom is -0.354 e. The van der Waals surface area contributed by atoms with Gasteiger partial charge in [0.15, 0.2) is 0 Å². The predicted molar refractivity (Wildman–Crippen MR) is 121 cm³/mol. The van der Waals surface area contributed by atoms with Gasteiger partial charge in [0.05, 0.1) is 5.69 Å². The number of nitrogens with one attached hydrogen (secondary N) is 1. The van der Waals surface area contributed by atoms with Gasteiger partial charge in [-0.15, -0.1) is 0 Å². The van der Waals surface area contributed by atoms with Crippen molar-refractivity contribution in [2.75, 3.05) is 23.3 Å². The van der Waals surface area contributed by atoms with Crippen LogP contribution >= 0.6 is 11.3 Å². The number of rotatable bonds is 8. The van der Waals surface area contributed by atoms with E-state index in [0.717, 1.165) is 42.4 Å². The molecule has 5 nitrogen and oxygen atoms in total. The quantitative estimate of drug-likeness (QED) is 0.428. The van der Waals surface area contributed by atoms with Crippen molar-refractivity contribution in [3.05, 3.63) is 83.2 Å². The zero-order valence-electron chi connectivity index (χ0n) is 16.3. The Morgan fingerprint density at radius 1 is 0.931 bits per heavy atom. The van der Waals surface area contributed by atoms with Gasteiger partial charge in [-0.05, 0) is 48.6 Å². The molecule has 1 aromatic carbocycles. The topological polar surface area (TPSA) is 53.9 Å². The first-order chi connectivity index (χ1) is 14.3. The summed E-state index contributed by atoms with van der Waals surface area (Å²) in [4.78, 5) is 16.0. The molecule has 29 heavy (non-hydrogen) atoms.